The number of benzene rings is 1. The lowest BCUT2D eigenvalue weighted by Crippen LogP contribution is -2.32. The number of ether oxygens (including phenoxy) is 2. The van der Waals surface area contributed by atoms with Gasteiger partial charge >= 0.3 is 11.9 Å². The highest BCUT2D eigenvalue weighted by molar-refractivity contribution is 5.70. The van der Waals surface area contributed by atoms with Gasteiger partial charge in [-0.25, -0.2) is 0 Å². The number of nitro groups is 1. The Morgan fingerprint density at radius 2 is 1.43 bits per heavy atom. The average Bonchev–Trinajstić information content (AvgIpc) is 2.69. The molecule has 0 aliphatic rings. The van der Waals surface area contributed by atoms with Crippen LogP contribution in [0.4, 0.5) is 11.4 Å². The highest BCUT2D eigenvalue weighted by Crippen LogP contribution is 2.19. The third kappa shape index (κ3) is 8.72. The van der Waals surface area contributed by atoms with E-state index in [1.165, 1.54) is 12.1 Å². The molecule has 0 N–H and O–H groups in total. The lowest BCUT2D eigenvalue weighted by atomic mass is 10.2. The third-order valence-electron chi connectivity index (χ3n) is 3.62. The Morgan fingerprint density at radius 3 is 1.82 bits per heavy atom. The van der Waals surface area contributed by atoms with Gasteiger partial charge in [0.25, 0.3) is 5.69 Å². The number of carbonyl (C=O) groups is 2. The molecule has 0 heterocycles. The minimum absolute atomic E-state index is 0.0369. The molecular formula is C20H22N2O6. The van der Waals surface area contributed by atoms with E-state index in [1.54, 1.807) is 17.0 Å². The molecule has 1 rings (SSSR count). The SMILES string of the molecule is C#CCCC(=O)OCCN(CCOC(=O)CCC#C)c1ccc([N+](=O)[O-])cc1. The summed E-state index contributed by atoms with van der Waals surface area (Å²) >= 11 is 0. The molecule has 0 spiro atoms. The normalized spacial score (nSPS) is 9.64. The van der Waals surface area contributed by atoms with Gasteiger partial charge in [-0.2, -0.15) is 0 Å². The van der Waals surface area contributed by atoms with Gasteiger partial charge in [0.2, 0.25) is 0 Å². The summed E-state index contributed by atoms with van der Waals surface area (Å²) in [6.45, 7) is 0.847. The fraction of sp³-hybridized carbons (Fsp3) is 0.400. The molecule has 0 radical (unpaired) electrons. The van der Waals surface area contributed by atoms with Crippen LogP contribution in [0.3, 0.4) is 0 Å². The Labute approximate surface area is 164 Å². The summed E-state index contributed by atoms with van der Waals surface area (Å²) in [6, 6.07) is 5.91. The standard InChI is InChI=1S/C20H22N2O6/c1-3-5-7-19(23)27-15-13-21(14-16-28-20(24)8-6-4-2)17-9-11-18(12-10-17)22(25)26/h1-2,9-12H,5-8,13-16H2. The van der Waals surface area contributed by atoms with E-state index in [0.717, 1.165) is 0 Å². The van der Waals surface area contributed by atoms with Crippen LogP contribution in [0.1, 0.15) is 25.7 Å². The van der Waals surface area contributed by atoms with Gasteiger partial charge in [0, 0.05) is 30.7 Å². The maximum Gasteiger partial charge on any atom is 0.306 e. The fourth-order valence-electron chi connectivity index (χ4n) is 2.19. The van der Waals surface area contributed by atoms with Gasteiger partial charge in [-0.15, -0.1) is 24.7 Å². The molecule has 0 atom stereocenters. The number of hydrogen-bond donors (Lipinski definition) is 0. The first-order valence-electron chi connectivity index (χ1n) is 8.65. The van der Waals surface area contributed by atoms with Crippen LogP contribution in [0.25, 0.3) is 0 Å². The number of rotatable bonds is 12. The fourth-order valence-corrected chi connectivity index (χ4v) is 2.19. The lowest BCUT2D eigenvalue weighted by molar-refractivity contribution is -0.384. The van der Waals surface area contributed by atoms with Gasteiger partial charge in [0.05, 0.1) is 30.9 Å². The molecule has 0 unspecified atom stereocenters. The summed E-state index contributed by atoms with van der Waals surface area (Å²) in [5.74, 6) is 3.93. The zero-order chi connectivity index (χ0) is 20.8. The molecule has 0 fully saturated rings. The number of terminal acetylenes is 2. The van der Waals surface area contributed by atoms with Crippen LogP contribution in [0, 0.1) is 34.8 Å². The molecule has 0 aromatic heterocycles. The van der Waals surface area contributed by atoms with Gasteiger partial charge < -0.3 is 14.4 Å². The molecular weight excluding hydrogens is 364 g/mol. The Morgan fingerprint density at radius 1 is 0.964 bits per heavy atom. The summed E-state index contributed by atoms with van der Waals surface area (Å²) in [6.07, 6.45) is 11.1. The van der Waals surface area contributed by atoms with Gasteiger partial charge in [-0.05, 0) is 12.1 Å². The summed E-state index contributed by atoms with van der Waals surface area (Å²) in [4.78, 5) is 35.2. The van der Waals surface area contributed by atoms with Crippen molar-refractivity contribution < 1.29 is 24.0 Å². The van der Waals surface area contributed by atoms with Crippen molar-refractivity contribution >= 4 is 23.3 Å². The van der Waals surface area contributed by atoms with Crippen molar-refractivity contribution in [3.63, 3.8) is 0 Å². The van der Waals surface area contributed by atoms with E-state index >= 15 is 0 Å². The average molecular weight is 386 g/mol. The summed E-state index contributed by atoms with van der Waals surface area (Å²) in [5, 5.41) is 10.8. The second-order valence-electron chi connectivity index (χ2n) is 5.61. The molecule has 8 nitrogen and oxygen atoms in total. The zero-order valence-corrected chi connectivity index (χ0v) is 15.5. The lowest BCUT2D eigenvalue weighted by Gasteiger charge is -2.24. The first kappa shape index (κ1) is 22.5. The number of carbonyl (C=O) groups excluding carboxylic acids is 2. The third-order valence-corrected chi connectivity index (χ3v) is 3.62. The van der Waals surface area contributed by atoms with Crippen LogP contribution in [0.2, 0.25) is 0 Å². The quantitative estimate of drug-likeness (QED) is 0.235. The van der Waals surface area contributed by atoms with Crippen LogP contribution in [-0.2, 0) is 19.1 Å². The van der Waals surface area contributed by atoms with Crippen LogP contribution in [-0.4, -0.2) is 43.2 Å². The molecule has 0 amide bonds. The highest BCUT2D eigenvalue weighted by atomic mass is 16.6. The van der Waals surface area contributed by atoms with Crippen LogP contribution in [0.15, 0.2) is 24.3 Å². The number of non-ortho nitro benzene ring substituents is 1. The number of hydrogen-bond acceptors (Lipinski definition) is 7. The number of anilines is 1. The minimum Gasteiger partial charge on any atom is -0.464 e. The molecule has 148 valence electrons. The van der Waals surface area contributed by atoms with Crippen LogP contribution < -0.4 is 4.90 Å². The van der Waals surface area contributed by atoms with E-state index in [0.29, 0.717) is 31.6 Å². The Hall–Kier alpha value is -3.52. The van der Waals surface area contributed by atoms with Crippen molar-refractivity contribution in [2.24, 2.45) is 0 Å². The van der Waals surface area contributed by atoms with E-state index in [-0.39, 0.29) is 31.7 Å². The molecule has 0 saturated heterocycles. The predicted octanol–water partition coefficient (Wildman–Crippen LogP) is 2.31. The molecule has 0 aliphatic heterocycles. The molecule has 1 aromatic carbocycles. The van der Waals surface area contributed by atoms with E-state index in [4.69, 9.17) is 22.3 Å². The zero-order valence-electron chi connectivity index (χ0n) is 15.5. The van der Waals surface area contributed by atoms with E-state index in [1.807, 2.05) is 0 Å². The molecule has 1 aromatic rings. The Bertz CT molecular complexity index is 709. The van der Waals surface area contributed by atoms with Crippen molar-refractivity contribution in [2.45, 2.75) is 25.7 Å². The number of nitrogens with zero attached hydrogens (tertiary/aromatic N) is 2. The maximum absolute atomic E-state index is 11.5. The number of esters is 2. The summed E-state index contributed by atoms with van der Waals surface area (Å²) in [5.41, 5.74) is 0.634. The van der Waals surface area contributed by atoms with Crippen molar-refractivity contribution in [3.05, 3.63) is 34.4 Å². The topological polar surface area (TPSA) is 99.0 Å². The largest absolute Gasteiger partial charge is 0.464 e. The van der Waals surface area contributed by atoms with E-state index in [9.17, 15) is 19.7 Å². The van der Waals surface area contributed by atoms with Crippen LogP contribution >= 0.6 is 0 Å². The minimum atomic E-state index is -0.491. The molecule has 0 aliphatic carbocycles. The highest BCUT2D eigenvalue weighted by Gasteiger charge is 2.12. The Kier molecular flexibility index (Phi) is 10.3. The van der Waals surface area contributed by atoms with Crippen molar-refractivity contribution in [1.29, 1.82) is 0 Å². The summed E-state index contributed by atoms with van der Waals surface area (Å²) < 4.78 is 10.2. The monoisotopic (exact) mass is 386 g/mol. The van der Waals surface area contributed by atoms with Crippen molar-refractivity contribution in [2.75, 3.05) is 31.2 Å². The molecule has 8 heteroatoms. The predicted molar refractivity (Wildman–Crippen MR) is 103 cm³/mol. The molecule has 0 saturated carbocycles. The second kappa shape index (κ2) is 12.8. The smallest absolute Gasteiger partial charge is 0.306 e. The molecule has 0 bridgehead atoms. The first-order chi connectivity index (χ1) is 13.5. The summed E-state index contributed by atoms with van der Waals surface area (Å²) in [7, 11) is 0. The van der Waals surface area contributed by atoms with E-state index < -0.39 is 16.9 Å². The van der Waals surface area contributed by atoms with Crippen molar-refractivity contribution in [1.82, 2.24) is 0 Å². The first-order valence-corrected chi connectivity index (χ1v) is 8.65. The van der Waals surface area contributed by atoms with Crippen LogP contribution in [0.5, 0.6) is 0 Å². The van der Waals surface area contributed by atoms with E-state index in [2.05, 4.69) is 11.8 Å². The van der Waals surface area contributed by atoms with Crippen molar-refractivity contribution in [3.8, 4) is 24.7 Å². The van der Waals surface area contributed by atoms with Gasteiger partial charge in [0.1, 0.15) is 13.2 Å². The van der Waals surface area contributed by atoms with Gasteiger partial charge in [-0.1, -0.05) is 0 Å². The molecule has 28 heavy (non-hydrogen) atoms. The van der Waals surface area contributed by atoms with Gasteiger partial charge in [0.15, 0.2) is 0 Å². The maximum atomic E-state index is 11.5. The number of nitro benzene ring substituents is 1. The van der Waals surface area contributed by atoms with Gasteiger partial charge in [-0.3, -0.25) is 19.7 Å². The Balaban J connectivity index is 2.64. The second-order valence-corrected chi connectivity index (χ2v) is 5.61.